The third kappa shape index (κ3) is 3.64. The summed E-state index contributed by atoms with van der Waals surface area (Å²) < 4.78 is 6.04. The van der Waals surface area contributed by atoms with E-state index in [0.717, 1.165) is 31.4 Å². The Hall–Kier alpha value is -1.80. The largest absolute Gasteiger partial charge is 0.489 e. The molecule has 0 atom stereocenters. The van der Waals surface area contributed by atoms with Crippen LogP contribution < -0.4 is 4.74 Å². The minimum atomic E-state index is -0.112. The summed E-state index contributed by atoms with van der Waals surface area (Å²) in [4.78, 5) is 0. The van der Waals surface area contributed by atoms with E-state index in [-0.39, 0.29) is 6.10 Å². The highest BCUT2D eigenvalue weighted by Crippen LogP contribution is 2.37. The van der Waals surface area contributed by atoms with E-state index in [1.807, 2.05) is 24.3 Å². The Labute approximate surface area is 126 Å². The second kappa shape index (κ2) is 6.77. The fourth-order valence-electron chi connectivity index (χ4n) is 3.07. The van der Waals surface area contributed by atoms with E-state index < -0.39 is 0 Å². The average molecular weight is 282 g/mol. The fourth-order valence-corrected chi connectivity index (χ4v) is 3.07. The topological polar surface area (TPSA) is 29.5 Å². The lowest BCUT2D eigenvalue weighted by molar-refractivity contribution is 0.122. The second-order valence-electron chi connectivity index (χ2n) is 5.82. The van der Waals surface area contributed by atoms with Crippen molar-refractivity contribution in [3.8, 4) is 5.75 Å². The molecule has 0 radical (unpaired) electrons. The van der Waals surface area contributed by atoms with E-state index in [2.05, 4.69) is 30.3 Å². The molecule has 1 aliphatic rings. The molecule has 0 heterocycles. The molecule has 2 nitrogen and oxygen atoms in total. The monoisotopic (exact) mass is 282 g/mol. The van der Waals surface area contributed by atoms with Crippen LogP contribution in [-0.2, 0) is 6.61 Å². The van der Waals surface area contributed by atoms with Crippen molar-refractivity contribution in [3.63, 3.8) is 0 Å². The quantitative estimate of drug-likeness (QED) is 0.906. The smallest absolute Gasteiger partial charge is 0.123 e. The van der Waals surface area contributed by atoms with E-state index >= 15 is 0 Å². The number of aliphatic hydroxyl groups is 1. The maximum atomic E-state index is 9.66. The van der Waals surface area contributed by atoms with Crippen LogP contribution in [0.3, 0.4) is 0 Å². The molecule has 0 saturated heterocycles. The van der Waals surface area contributed by atoms with Crippen molar-refractivity contribution >= 4 is 0 Å². The first-order valence-electron chi connectivity index (χ1n) is 7.76. The Morgan fingerprint density at radius 3 is 2.29 bits per heavy atom. The predicted molar refractivity (Wildman–Crippen MR) is 84.4 cm³/mol. The van der Waals surface area contributed by atoms with Gasteiger partial charge in [-0.2, -0.15) is 0 Å². The Morgan fingerprint density at radius 2 is 1.52 bits per heavy atom. The molecule has 110 valence electrons. The lowest BCUT2D eigenvalue weighted by Gasteiger charge is -2.27. The zero-order valence-electron chi connectivity index (χ0n) is 12.2. The van der Waals surface area contributed by atoms with E-state index in [9.17, 15) is 5.11 Å². The highest BCUT2D eigenvalue weighted by molar-refractivity contribution is 5.36. The standard InChI is InChI=1S/C19H22O2/c20-17-12-10-16(11-13-17)18-8-4-5-9-19(18)21-14-15-6-2-1-3-7-15/h1-9,16-17,20H,10-14H2/t16-,17+. The molecule has 0 spiro atoms. The van der Waals surface area contributed by atoms with Crippen LogP contribution in [0.25, 0.3) is 0 Å². The van der Waals surface area contributed by atoms with Crippen molar-refractivity contribution in [1.82, 2.24) is 0 Å². The summed E-state index contributed by atoms with van der Waals surface area (Å²) in [7, 11) is 0. The van der Waals surface area contributed by atoms with E-state index in [1.54, 1.807) is 0 Å². The van der Waals surface area contributed by atoms with Crippen LogP contribution in [0.5, 0.6) is 5.75 Å². The fraction of sp³-hybridized carbons (Fsp3) is 0.368. The van der Waals surface area contributed by atoms with Crippen molar-refractivity contribution in [2.75, 3.05) is 0 Å². The molecule has 21 heavy (non-hydrogen) atoms. The van der Waals surface area contributed by atoms with Gasteiger partial charge in [0.25, 0.3) is 0 Å². The van der Waals surface area contributed by atoms with Gasteiger partial charge in [-0.05, 0) is 48.8 Å². The molecule has 1 aliphatic carbocycles. The molecule has 2 aromatic carbocycles. The summed E-state index contributed by atoms with van der Waals surface area (Å²) in [6.07, 6.45) is 3.79. The first-order chi connectivity index (χ1) is 10.3. The van der Waals surface area contributed by atoms with Crippen LogP contribution in [0, 0.1) is 0 Å². The lowest BCUT2D eigenvalue weighted by Crippen LogP contribution is -2.17. The van der Waals surface area contributed by atoms with Crippen molar-refractivity contribution in [3.05, 3.63) is 65.7 Å². The van der Waals surface area contributed by atoms with Crippen LogP contribution in [0.15, 0.2) is 54.6 Å². The molecule has 1 N–H and O–H groups in total. The summed E-state index contributed by atoms with van der Waals surface area (Å²) in [6.45, 7) is 0.604. The molecule has 1 fully saturated rings. The van der Waals surface area contributed by atoms with Gasteiger partial charge in [-0.15, -0.1) is 0 Å². The molecule has 3 rings (SSSR count). The molecular formula is C19H22O2. The zero-order valence-corrected chi connectivity index (χ0v) is 12.2. The third-order valence-corrected chi connectivity index (χ3v) is 4.29. The summed E-state index contributed by atoms with van der Waals surface area (Å²) in [5.41, 5.74) is 2.48. The highest BCUT2D eigenvalue weighted by Gasteiger charge is 2.23. The van der Waals surface area contributed by atoms with E-state index in [4.69, 9.17) is 4.74 Å². The van der Waals surface area contributed by atoms with Crippen molar-refractivity contribution in [2.24, 2.45) is 0 Å². The zero-order chi connectivity index (χ0) is 14.5. The number of rotatable bonds is 4. The van der Waals surface area contributed by atoms with Gasteiger partial charge in [0.15, 0.2) is 0 Å². The molecule has 0 unspecified atom stereocenters. The Bertz CT molecular complexity index is 557. The minimum Gasteiger partial charge on any atom is -0.489 e. The van der Waals surface area contributed by atoms with Crippen LogP contribution in [0.1, 0.15) is 42.7 Å². The number of hydrogen-bond acceptors (Lipinski definition) is 2. The number of para-hydroxylation sites is 1. The maximum Gasteiger partial charge on any atom is 0.123 e. The van der Waals surface area contributed by atoms with E-state index in [1.165, 1.54) is 11.1 Å². The van der Waals surface area contributed by atoms with Gasteiger partial charge in [-0.25, -0.2) is 0 Å². The van der Waals surface area contributed by atoms with Crippen LogP contribution in [0.4, 0.5) is 0 Å². The SMILES string of the molecule is O[C@H]1CC[C@@H](c2ccccc2OCc2ccccc2)CC1. The Balaban J connectivity index is 1.70. The van der Waals surface area contributed by atoms with Crippen molar-refractivity contribution in [2.45, 2.75) is 44.3 Å². The van der Waals surface area contributed by atoms with Gasteiger partial charge in [0, 0.05) is 0 Å². The summed E-state index contributed by atoms with van der Waals surface area (Å²) in [5, 5.41) is 9.66. The van der Waals surface area contributed by atoms with Gasteiger partial charge >= 0.3 is 0 Å². The van der Waals surface area contributed by atoms with Gasteiger partial charge in [0.05, 0.1) is 6.10 Å². The molecule has 0 aliphatic heterocycles. The Morgan fingerprint density at radius 1 is 0.857 bits per heavy atom. The van der Waals surface area contributed by atoms with Crippen LogP contribution in [-0.4, -0.2) is 11.2 Å². The molecular weight excluding hydrogens is 260 g/mol. The highest BCUT2D eigenvalue weighted by atomic mass is 16.5. The van der Waals surface area contributed by atoms with Gasteiger partial charge in [-0.1, -0.05) is 48.5 Å². The predicted octanol–water partition coefficient (Wildman–Crippen LogP) is 4.28. The van der Waals surface area contributed by atoms with Gasteiger partial charge in [0.1, 0.15) is 12.4 Å². The molecule has 1 saturated carbocycles. The maximum absolute atomic E-state index is 9.66. The van der Waals surface area contributed by atoms with Gasteiger partial charge < -0.3 is 9.84 Å². The molecule has 0 amide bonds. The first kappa shape index (κ1) is 14.2. The average Bonchev–Trinajstić information content (AvgIpc) is 2.55. The number of hydrogen-bond donors (Lipinski definition) is 1. The van der Waals surface area contributed by atoms with Gasteiger partial charge in [0.2, 0.25) is 0 Å². The summed E-state index contributed by atoms with van der Waals surface area (Å²) in [5.74, 6) is 1.50. The second-order valence-corrected chi connectivity index (χ2v) is 5.82. The Kier molecular flexibility index (Phi) is 4.56. The molecule has 2 aromatic rings. The van der Waals surface area contributed by atoms with Crippen LogP contribution >= 0.6 is 0 Å². The summed E-state index contributed by atoms with van der Waals surface area (Å²) >= 11 is 0. The number of ether oxygens (including phenoxy) is 1. The molecule has 2 heteroatoms. The summed E-state index contributed by atoms with van der Waals surface area (Å²) in [6, 6.07) is 18.6. The minimum absolute atomic E-state index is 0.112. The third-order valence-electron chi connectivity index (χ3n) is 4.29. The normalized spacial score (nSPS) is 22.0. The van der Waals surface area contributed by atoms with Crippen molar-refractivity contribution in [1.29, 1.82) is 0 Å². The van der Waals surface area contributed by atoms with Gasteiger partial charge in [-0.3, -0.25) is 0 Å². The van der Waals surface area contributed by atoms with Crippen molar-refractivity contribution < 1.29 is 9.84 Å². The lowest BCUT2D eigenvalue weighted by atomic mass is 9.82. The first-order valence-corrected chi connectivity index (χ1v) is 7.76. The number of benzene rings is 2. The van der Waals surface area contributed by atoms with E-state index in [0.29, 0.717) is 12.5 Å². The molecule has 0 bridgehead atoms. The number of aliphatic hydroxyl groups excluding tert-OH is 1. The molecule has 0 aromatic heterocycles. The van der Waals surface area contributed by atoms with Crippen LogP contribution in [0.2, 0.25) is 0 Å².